The van der Waals surface area contributed by atoms with E-state index in [1.165, 1.54) is 36.8 Å². The van der Waals surface area contributed by atoms with Gasteiger partial charge in [0.1, 0.15) is 5.75 Å². The molecule has 1 aromatic carbocycles. The molecule has 21 heavy (non-hydrogen) atoms. The van der Waals surface area contributed by atoms with Crippen molar-refractivity contribution in [1.82, 2.24) is 4.90 Å². The number of piperidine rings is 1. The van der Waals surface area contributed by atoms with Crippen LogP contribution in [0.5, 0.6) is 5.75 Å². The van der Waals surface area contributed by atoms with Gasteiger partial charge in [0.25, 0.3) is 0 Å². The van der Waals surface area contributed by atoms with Crippen molar-refractivity contribution in [2.75, 3.05) is 6.54 Å². The number of amides is 1. The molecule has 0 spiro atoms. The highest BCUT2D eigenvalue weighted by Gasteiger charge is 2.54. The number of carbonyl (C=O) groups is 1. The summed E-state index contributed by atoms with van der Waals surface area (Å²) >= 11 is 0. The molecular weight excluding hydrogens is 262 g/mol. The first-order chi connectivity index (χ1) is 10.1. The van der Waals surface area contributed by atoms with Gasteiger partial charge in [0.15, 0.2) is 0 Å². The molecule has 2 fully saturated rings. The predicted octanol–water partition coefficient (Wildman–Crippen LogP) is 3.00. The number of phenols is 1. The highest BCUT2D eigenvalue weighted by Crippen LogP contribution is 2.56. The van der Waals surface area contributed by atoms with E-state index in [4.69, 9.17) is 0 Å². The van der Waals surface area contributed by atoms with Crippen molar-refractivity contribution in [3.63, 3.8) is 0 Å². The number of nitrogens with zero attached hydrogens (tertiary/aromatic N) is 1. The molecular formula is C18H23NO2. The first-order valence-electron chi connectivity index (χ1n) is 8.21. The summed E-state index contributed by atoms with van der Waals surface area (Å²) in [6.45, 7) is 2.59. The molecule has 3 nitrogen and oxygen atoms in total. The number of rotatable bonds is 0. The summed E-state index contributed by atoms with van der Waals surface area (Å²) < 4.78 is 0. The van der Waals surface area contributed by atoms with E-state index in [1.807, 2.05) is 6.07 Å². The quantitative estimate of drug-likeness (QED) is 0.796. The van der Waals surface area contributed by atoms with Crippen molar-refractivity contribution < 1.29 is 9.90 Å². The fourth-order valence-electron chi connectivity index (χ4n) is 5.38. The number of likely N-dealkylation sites (tertiary alicyclic amines) is 1. The van der Waals surface area contributed by atoms with Crippen LogP contribution in [0.2, 0.25) is 0 Å². The van der Waals surface area contributed by atoms with Gasteiger partial charge in [-0.3, -0.25) is 4.79 Å². The summed E-state index contributed by atoms with van der Waals surface area (Å²) in [7, 11) is 0. The normalized spacial score (nSPS) is 34.0. The zero-order valence-corrected chi connectivity index (χ0v) is 12.6. The summed E-state index contributed by atoms with van der Waals surface area (Å²) in [5.74, 6) is 1.19. The van der Waals surface area contributed by atoms with Crippen LogP contribution in [-0.4, -0.2) is 28.5 Å². The van der Waals surface area contributed by atoms with E-state index < -0.39 is 0 Å². The van der Waals surface area contributed by atoms with Crippen molar-refractivity contribution in [3.05, 3.63) is 29.3 Å². The van der Waals surface area contributed by atoms with Gasteiger partial charge >= 0.3 is 0 Å². The second kappa shape index (κ2) is 4.49. The Morgan fingerprint density at radius 3 is 3.00 bits per heavy atom. The number of hydrogen-bond donors (Lipinski definition) is 1. The first kappa shape index (κ1) is 13.2. The lowest BCUT2D eigenvalue weighted by molar-refractivity contribution is -0.138. The van der Waals surface area contributed by atoms with Crippen molar-refractivity contribution in [3.8, 4) is 5.75 Å². The Bertz CT molecular complexity index is 597. The minimum absolute atomic E-state index is 0.210. The number of benzene rings is 1. The molecule has 0 aromatic heterocycles. The smallest absolute Gasteiger partial charge is 0.219 e. The molecule has 1 heterocycles. The molecule has 2 aliphatic carbocycles. The van der Waals surface area contributed by atoms with Crippen LogP contribution in [0.15, 0.2) is 18.2 Å². The molecule has 0 unspecified atom stereocenters. The Labute approximate surface area is 126 Å². The van der Waals surface area contributed by atoms with Gasteiger partial charge in [-0.25, -0.2) is 0 Å². The summed E-state index contributed by atoms with van der Waals surface area (Å²) in [5, 5.41) is 9.95. The van der Waals surface area contributed by atoms with Crippen LogP contribution in [0.25, 0.3) is 0 Å². The molecule has 4 rings (SSSR count). The number of aromatic hydroxyl groups is 1. The molecule has 1 aromatic rings. The van der Waals surface area contributed by atoms with E-state index in [1.54, 1.807) is 13.0 Å². The zero-order valence-electron chi connectivity index (χ0n) is 12.6. The largest absolute Gasteiger partial charge is 0.508 e. The summed E-state index contributed by atoms with van der Waals surface area (Å²) in [4.78, 5) is 14.1. The minimum Gasteiger partial charge on any atom is -0.508 e. The number of fused-ring (bicyclic) bond motifs is 1. The van der Waals surface area contributed by atoms with Crippen LogP contribution < -0.4 is 0 Å². The Hall–Kier alpha value is -1.51. The molecule has 1 saturated carbocycles. The Balaban J connectivity index is 1.87. The lowest BCUT2D eigenvalue weighted by atomic mass is 9.52. The molecule has 1 saturated heterocycles. The van der Waals surface area contributed by atoms with Gasteiger partial charge in [-0.05, 0) is 54.9 Å². The van der Waals surface area contributed by atoms with E-state index >= 15 is 0 Å². The average molecular weight is 285 g/mol. The fraction of sp³-hybridized carbons (Fsp3) is 0.611. The van der Waals surface area contributed by atoms with E-state index in [2.05, 4.69) is 11.0 Å². The third-order valence-corrected chi connectivity index (χ3v) is 6.22. The topological polar surface area (TPSA) is 40.5 Å². The maximum Gasteiger partial charge on any atom is 0.219 e. The summed E-state index contributed by atoms with van der Waals surface area (Å²) in [5.41, 5.74) is 2.94. The van der Waals surface area contributed by atoms with E-state index in [-0.39, 0.29) is 11.3 Å². The van der Waals surface area contributed by atoms with Crippen LogP contribution in [0.4, 0.5) is 0 Å². The van der Waals surface area contributed by atoms with Gasteiger partial charge in [-0.2, -0.15) is 0 Å². The van der Waals surface area contributed by atoms with Gasteiger partial charge in [-0.15, -0.1) is 0 Å². The highest BCUT2D eigenvalue weighted by atomic mass is 16.3. The molecule has 3 atom stereocenters. The van der Waals surface area contributed by atoms with E-state index in [9.17, 15) is 9.90 Å². The number of hydrogen-bond acceptors (Lipinski definition) is 2. The summed E-state index contributed by atoms with van der Waals surface area (Å²) in [6.07, 6.45) is 7.02. The minimum atomic E-state index is 0.210. The molecule has 1 amide bonds. The lowest BCUT2D eigenvalue weighted by Crippen LogP contribution is -2.61. The summed E-state index contributed by atoms with van der Waals surface area (Å²) in [6, 6.07) is 6.25. The lowest BCUT2D eigenvalue weighted by Gasteiger charge is -2.58. The van der Waals surface area contributed by atoms with Crippen LogP contribution in [-0.2, 0) is 16.6 Å². The van der Waals surface area contributed by atoms with Crippen LogP contribution in [0.1, 0.15) is 50.2 Å². The molecule has 112 valence electrons. The SMILES string of the molecule is CC(=O)N1CC[C@@]23CCCC[C@@H]2[C@@H]1Cc1ccc(O)cc13. The second-order valence-corrected chi connectivity index (χ2v) is 7.08. The Morgan fingerprint density at radius 2 is 2.19 bits per heavy atom. The molecule has 1 N–H and O–H groups in total. The third-order valence-electron chi connectivity index (χ3n) is 6.22. The number of carbonyl (C=O) groups excluding carboxylic acids is 1. The monoisotopic (exact) mass is 285 g/mol. The van der Waals surface area contributed by atoms with Crippen LogP contribution in [0.3, 0.4) is 0 Å². The van der Waals surface area contributed by atoms with E-state index in [0.29, 0.717) is 17.7 Å². The standard InChI is InChI=1S/C18H23NO2/c1-12(20)19-9-8-18-7-3-2-4-15(18)17(19)10-13-5-6-14(21)11-16(13)18/h5-6,11,15,17,21H,2-4,7-10H2,1H3/t15-,17+,18+/m1/s1. The average Bonchev–Trinajstić information content (AvgIpc) is 2.48. The Morgan fingerprint density at radius 1 is 1.33 bits per heavy atom. The third kappa shape index (κ3) is 1.76. The van der Waals surface area contributed by atoms with Crippen molar-refractivity contribution in [2.45, 2.75) is 56.9 Å². The predicted molar refractivity (Wildman–Crippen MR) is 81.2 cm³/mol. The zero-order chi connectivity index (χ0) is 14.6. The van der Waals surface area contributed by atoms with E-state index in [0.717, 1.165) is 19.4 Å². The van der Waals surface area contributed by atoms with Gasteiger partial charge < -0.3 is 10.0 Å². The second-order valence-electron chi connectivity index (χ2n) is 7.08. The molecule has 3 aliphatic rings. The van der Waals surface area contributed by atoms with Crippen molar-refractivity contribution in [2.24, 2.45) is 5.92 Å². The van der Waals surface area contributed by atoms with Gasteiger partial charge in [0.2, 0.25) is 5.91 Å². The highest BCUT2D eigenvalue weighted by molar-refractivity contribution is 5.74. The number of phenolic OH excluding ortho intramolecular Hbond substituents is 1. The van der Waals surface area contributed by atoms with Crippen LogP contribution >= 0.6 is 0 Å². The van der Waals surface area contributed by atoms with Crippen molar-refractivity contribution >= 4 is 5.91 Å². The maximum absolute atomic E-state index is 12.0. The van der Waals surface area contributed by atoms with Gasteiger partial charge in [-0.1, -0.05) is 18.9 Å². The van der Waals surface area contributed by atoms with Gasteiger partial charge in [0, 0.05) is 24.9 Å². The molecule has 3 heteroatoms. The molecule has 1 aliphatic heterocycles. The Kier molecular flexibility index (Phi) is 2.82. The van der Waals surface area contributed by atoms with Gasteiger partial charge in [0.05, 0.1) is 0 Å². The first-order valence-corrected chi connectivity index (χ1v) is 8.21. The van der Waals surface area contributed by atoms with Crippen molar-refractivity contribution in [1.29, 1.82) is 0 Å². The molecule has 0 radical (unpaired) electrons. The fourth-order valence-corrected chi connectivity index (χ4v) is 5.38. The molecule has 2 bridgehead atoms. The van der Waals surface area contributed by atoms with Crippen LogP contribution in [0, 0.1) is 5.92 Å². The maximum atomic E-state index is 12.0.